The number of carbonyl (C=O) groups excluding carboxylic acids is 4. The molecule has 0 aromatic heterocycles. The van der Waals surface area contributed by atoms with Crippen molar-refractivity contribution in [1.29, 1.82) is 0 Å². The van der Waals surface area contributed by atoms with E-state index in [1.165, 1.54) is 25.7 Å². The molecule has 0 unspecified atom stereocenters. The quantitative estimate of drug-likeness (QED) is 0.0660. The topological polar surface area (TPSA) is 139 Å². The number of aliphatic carboxylic acids is 1. The Hall–Kier alpha value is -3.65. The van der Waals surface area contributed by atoms with Crippen molar-refractivity contribution in [3.63, 3.8) is 0 Å². The second-order valence-corrected chi connectivity index (χ2v) is 12.1. The molecule has 0 saturated heterocycles. The lowest BCUT2D eigenvalue weighted by Gasteiger charge is -2.24. The van der Waals surface area contributed by atoms with Gasteiger partial charge in [0.1, 0.15) is 6.04 Å². The number of alkyl halides is 6. The van der Waals surface area contributed by atoms with Crippen molar-refractivity contribution in [2.24, 2.45) is 5.92 Å². The van der Waals surface area contributed by atoms with Crippen molar-refractivity contribution < 1.29 is 60.2 Å². The van der Waals surface area contributed by atoms with Gasteiger partial charge in [0, 0.05) is 12.8 Å². The van der Waals surface area contributed by atoms with Crippen LogP contribution in [0.4, 0.5) is 26.3 Å². The van der Waals surface area contributed by atoms with Crippen molar-refractivity contribution in [3.8, 4) is 0 Å². The van der Waals surface area contributed by atoms with Gasteiger partial charge in [-0.05, 0) is 37.3 Å². The van der Waals surface area contributed by atoms with Gasteiger partial charge in [0.15, 0.2) is 12.4 Å². The molecule has 0 bridgehead atoms. The van der Waals surface area contributed by atoms with Gasteiger partial charge in [-0.1, -0.05) is 78.2 Å². The summed E-state index contributed by atoms with van der Waals surface area (Å²) in [5.74, 6) is -6.03. The summed E-state index contributed by atoms with van der Waals surface area (Å²) < 4.78 is 85.4. The Morgan fingerprint density at radius 2 is 1.29 bits per heavy atom. The minimum Gasteiger partial charge on any atom is -0.481 e. The Bertz CT molecular complexity index is 1190. The van der Waals surface area contributed by atoms with E-state index >= 15 is 0 Å². The standard InChI is InChI=1S/C33H46F6N2O7/c1-4-5-6-7-8-9-10-11-12-16-27(43)40-25(19-21(2)3)30(46)41-24(17-18-28(44)45)26(42)20-48-31(47)29-22(32(34,35)36)14-13-15-23(29)33(37,38)39/h13-15,21,24-25H,4-12,16-20H2,1-3H3,(H,40,43)(H,41,46)(H,44,45)/t24-,25-/m0/s1. The molecular weight excluding hydrogens is 650 g/mol. The Kier molecular flexibility index (Phi) is 18.2. The minimum atomic E-state index is -5.37. The van der Waals surface area contributed by atoms with Gasteiger partial charge in [-0.2, -0.15) is 26.3 Å². The third-order valence-corrected chi connectivity index (χ3v) is 7.44. The van der Waals surface area contributed by atoms with Gasteiger partial charge in [0.05, 0.1) is 22.7 Å². The number of hydrogen-bond donors (Lipinski definition) is 3. The molecule has 272 valence electrons. The molecule has 2 amide bonds. The number of esters is 1. The largest absolute Gasteiger partial charge is 0.481 e. The second kappa shape index (κ2) is 20.7. The average molecular weight is 697 g/mol. The fraction of sp³-hybridized carbons (Fsp3) is 0.667. The smallest absolute Gasteiger partial charge is 0.417 e. The summed E-state index contributed by atoms with van der Waals surface area (Å²) >= 11 is 0. The molecule has 0 spiro atoms. The first-order valence-electron chi connectivity index (χ1n) is 16.2. The lowest BCUT2D eigenvalue weighted by Crippen LogP contribution is -2.52. The van der Waals surface area contributed by atoms with Crippen LogP contribution in [0, 0.1) is 5.92 Å². The maximum atomic E-state index is 13.5. The van der Waals surface area contributed by atoms with Crippen LogP contribution in [0.1, 0.15) is 126 Å². The molecule has 1 aromatic rings. The van der Waals surface area contributed by atoms with Gasteiger partial charge in [0.2, 0.25) is 11.8 Å². The monoisotopic (exact) mass is 696 g/mol. The van der Waals surface area contributed by atoms with E-state index in [2.05, 4.69) is 22.3 Å². The number of ketones is 1. The van der Waals surface area contributed by atoms with Gasteiger partial charge in [-0.25, -0.2) is 4.79 Å². The Morgan fingerprint density at radius 3 is 1.77 bits per heavy atom. The highest BCUT2D eigenvalue weighted by Crippen LogP contribution is 2.39. The first kappa shape index (κ1) is 42.4. The van der Waals surface area contributed by atoms with Gasteiger partial charge in [-0.15, -0.1) is 0 Å². The molecule has 0 aliphatic heterocycles. The van der Waals surface area contributed by atoms with E-state index in [0.29, 0.717) is 12.5 Å². The number of amides is 2. The number of ether oxygens (including phenoxy) is 1. The molecule has 1 aromatic carbocycles. The number of hydrogen-bond acceptors (Lipinski definition) is 6. The number of benzene rings is 1. The van der Waals surface area contributed by atoms with Crippen LogP contribution in [0.25, 0.3) is 0 Å². The molecule has 1 rings (SSSR count). The van der Waals surface area contributed by atoms with Crippen molar-refractivity contribution in [2.75, 3.05) is 6.61 Å². The molecule has 0 aliphatic carbocycles. The van der Waals surface area contributed by atoms with Crippen LogP contribution < -0.4 is 10.6 Å². The summed E-state index contributed by atoms with van der Waals surface area (Å²) in [6.45, 7) is 4.32. The lowest BCUT2D eigenvalue weighted by molar-refractivity contribution is -0.144. The SMILES string of the molecule is CCCCCCCCCCCC(=O)N[C@@H](CC(C)C)C(=O)N[C@@H](CCC(=O)O)C(=O)COC(=O)c1c(C(F)(F)F)cccc1C(F)(F)F. The van der Waals surface area contributed by atoms with Crippen LogP contribution in [0.2, 0.25) is 0 Å². The molecular formula is C33H46F6N2O7. The van der Waals surface area contributed by atoms with Crippen LogP contribution >= 0.6 is 0 Å². The highest BCUT2D eigenvalue weighted by Gasteiger charge is 2.43. The number of halogens is 6. The number of carbonyl (C=O) groups is 5. The van der Waals surface area contributed by atoms with Crippen molar-refractivity contribution in [3.05, 3.63) is 34.9 Å². The van der Waals surface area contributed by atoms with Gasteiger partial charge in [0.25, 0.3) is 0 Å². The second-order valence-electron chi connectivity index (χ2n) is 12.1. The summed E-state index contributed by atoms with van der Waals surface area (Å²) in [6, 6.07) is -1.81. The van der Waals surface area contributed by atoms with Gasteiger partial charge < -0.3 is 20.5 Å². The molecule has 0 saturated carbocycles. The summed E-state index contributed by atoms with van der Waals surface area (Å²) in [6.07, 6.45) is -2.36. The van der Waals surface area contributed by atoms with E-state index in [-0.39, 0.29) is 30.9 Å². The van der Waals surface area contributed by atoms with Crippen LogP contribution in [-0.4, -0.2) is 53.3 Å². The number of nitrogens with one attached hydrogen (secondary N) is 2. The summed E-state index contributed by atoms with van der Waals surface area (Å²) in [5.41, 5.74) is -5.71. The number of rotatable bonds is 22. The van der Waals surface area contributed by atoms with Crippen molar-refractivity contribution >= 4 is 29.5 Å². The van der Waals surface area contributed by atoms with Gasteiger partial charge in [-0.3, -0.25) is 19.2 Å². The third kappa shape index (κ3) is 16.0. The zero-order valence-corrected chi connectivity index (χ0v) is 27.5. The van der Waals surface area contributed by atoms with Crippen molar-refractivity contribution in [1.82, 2.24) is 10.6 Å². The van der Waals surface area contributed by atoms with Crippen LogP contribution in [0.5, 0.6) is 0 Å². The predicted molar refractivity (Wildman–Crippen MR) is 164 cm³/mol. The normalized spacial score (nSPS) is 13.1. The third-order valence-electron chi connectivity index (χ3n) is 7.44. The highest BCUT2D eigenvalue weighted by atomic mass is 19.4. The zero-order valence-electron chi connectivity index (χ0n) is 27.5. The number of carboxylic acids is 1. The maximum Gasteiger partial charge on any atom is 0.417 e. The number of carboxylic acid groups (broad SMARTS) is 1. The van der Waals surface area contributed by atoms with Gasteiger partial charge >= 0.3 is 24.3 Å². The molecule has 9 nitrogen and oxygen atoms in total. The van der Waals surface area contributed by atoms with E-state index in [1.54, 1.807) is 13.8 Å². The molecule has 48 heavy (non-hydrogen) atoms. The molecule has 0 heterocycles. The van der Waals surface area contributed by atoms with Crippen LogP contribution in [0.15, 0.2) is 18.2 Å². The van der Waals surface area contributed by atoms with E-state index in [9.17, 15) is 50.3 Å². The minimum absolute atomic E-state index is 0.112. The molecule has 0 radical (unpaired) electrons. The van der Waals surface area contributed by atoms with E-state index < -0.39 is 90.1 Å². The number of Topliss-reactive ketones (excluding diaryl/α,β-unsaturated/α-hetero) is 1. The lowest BCUT2D eigenvalue weighted by atomic mass is 10.00. The molecule has 0 fully saturated rings. The molecule has 0 aliphatic rings. The van der Waals surface area contributed by atoms with Crippen molar-refractivity contribution in [2.45, 2.75) is 129 Å². The van der Waals surface area contributed by atoms with E-state index in [4.69, 9.17) is 5.11 Å². The zero-order chi connectivity index (χ0) is 36.5. The molecule has 15 heteroatoms. The fourth-order valence-electron chi connectivity index (χ4n) is 4.97. The molecule has 2 atom stereocenters. The highest BCUT2D eigenvalue weighted by molar-refractivity contribution is 5.97. The van der Waals surface area contributed by atoms with Crippen LogP contribution in [0.3, 0.4) is 0 Å². The Balaban J connectivity index is 2.96. The Labute approximate surface area is 276 Å². The van der Waals surface area contributed by atoms with E-state index in [1.807, 2.05) is 0 Å². The van der Waals surface area contributed by atoms with Crippen LogP contribution in [-0.2, 0) is 36.3 Å². The average Bonchev–Trinajstić information content (AvgIpc) is 2.98. The fourth-order valence-corrected chi connectivity index (χ4v) is 4.97. The first-order chi connectivity index (χ1) is 22.4. The Morgan fingerprint density at radius 1 is 0.771 bits per heavy atom. The van der Waals surface area contributed by atoms with E-state index in [0.717, 1.165) is 25.7 Å². The first-order valence-corrected chi connectivity index (χ1v) is 16.2. The predicted octanol–water partition coefficient (Wildman–Crippen LogP) is 7.25. The summed E-state index contributed by atoms with van der Waals surface area (Å²) in [7, 11) is 0. The summed E-state index contributed by atoms with van der Waals surface area (Å²) in [5, 5.41) is 14.0. The summed E-state index contributed by atoms with van der Waals surface area (Å²) in [4.78, 5) is 62.5. The molecule has 3 N–H and O–H groups in total. The maximum absolute atomic E-state index is 13.5. The number of unbranched alkanes of at least 4 members (excludes halogenated alkanes) is 8.